The van der Waals surface area contributed by atoms with Crippen molar-refractivity contribution in [1.29, 1.82) is 0 Å². The number of fused-ring (bicyclic) bond motifs is 7. The molecule has 0 spiro atoms. The first-order chi connectivity index (χ1) is 31.6. The Bertz CT molecular complexity index is 3670. The van der Waals surface area contributed by atoms with E-state index in [9.17, 15) is 0 Å². The lowest BCUT2D eigenvalue weighted by molar-refractivity contribution is 0.835. The predicted molar refractivity (Wildman–Crippen MR) is 274 cm³/mol. The van der Waals surface area contributed by atoms with E-state index in [-0.39, 0.29) is 5.92 Å². The van der Waals surface area contributed by atoms with Crippen LogP contribution in [0.25, 0.3) is 76.5 Å². The van der Waals surface area contributed by atoms with Crippen molar-refractivity contribution in [3.8, 4) is 11.1 Å². The largest absolute Gasteiger partial charge is 0.312 e. The topological polar surface area (TPSA) is 8.17 Å². The van der Waals surface area contributed by atoms with Gasteiger partial charge >= 0.3 is 0 Å². The molecule has 64 heavy (non-hydrogen) atoms. The van der Waals surface area contributed by atoms with Crippen LogP contribution in [0.3, 0.4) is 0 Å². The van der Waals surface area contributed by atoms with Crippen LogP contribution in [0.4, 0.5) is 17.1 Å². The molecule has 2 heteroatoms. The fourth-order valence-electron chi connectivity index (χ4n) is 10.6. The van der Waals surface area contributed by atoms with Gasteiger partial charge in [-0.05, 0) is 129 Å². The van der Waals surface area contributed by atoms with Gasteiger partial charge in [-0.2, -0.15) is 0 Å². The van der Waals surface area contributed by atoms with Crippen LogP contribution in [0.15, 0.2) is 224 Å². The molecule has 0 bridgehead atoms. The minimum absolute atomic E-state index is 0.122. The molecule has 0 N–H and O–H groups in total. The smallest absolute Gasteiger partial charge is 0.0558 e. The number of allylic oxidation sites excluding steroid dienone is 4. The standard InChI is InChI=1S/C62H46N2/c1-41-17-6-9-23-50(41)58-38-46(52-29-16-22-44-20-7-10-24-51(44)52)31-36-60(58)64-59-30-15-14-28-56(59)57-35-33-48(40-62(57)64)63(47-32-34-49(42(2)37-47)43-18-4-3-5-19-43)61-39-45-21-8-11-25-53(45)54-26-12-13-27-55(54)61/h3-37,39-40,58H,38H2,1-2H3. The van der Waals surface area contributed by atoms with E-state index in [2.05, 4.69) is 248 Å². The Labute approximate surface area is 374 Å². The van der Waals surface area contributed by atoms with Crippen molar-refractivity contribution >= 4 is 82.5 Å². The van der Waals surface area contributed by atoms with Crippen LogP contribution >= 0.6 is 0 Å². The van der Waals surface area contributed by atoms with Crippen molar-refractivity contribution in [3.63, 3.8) is 0 Å². The molecule has 0 radical (unpaired) electrons. The number of nitrogens with zero attached hydrogens (tertiary/aromatic N) is 2. The molecule has 2 nitrogen and oxygen atoms in total. The van der Waals surface area contributed by atoms with Crippen LogP contribution in [0.1, 0.15) is 34.6 Å². The molecule has 0 saturated carbocycles. The van der Waals surface area contributed by atoms with E-state index in [1.165, 1.54) is 98.8 Å². The molecule has 11 aromatic rings. The third kappa shape index (κ3) is 6.25. The van der Waals surface area contributed by atoms with Crippen LogP contribution < -0.4 is 4.90 Å². The Balaban J connectivity index is 1.12. The first kappa shape index (κ1) is 37.8. The summed E-state index contributed by atoms with van der Waals surface area (Å²) in [6.07, 6.45) is 5.69. The average molecular weight is 819 g/mol. The second-order valence-corrected chi connectivity index (χ2v) is 17.3. The number of benzene rings is 10. The summed E-state index contributed by atoms with van der Waals surface area (Å²) in [4.78, 5) is 2.49. The molecule has 0 amide bonds. The van der Waals surface area contributed by atoms with Gasteiger partial charge in [0.2, 0.25) is 0 Å². The van der Waals surface area contributed by atoms with Crippen molar-refractivity contribution < 1.29 is 0 Å². The normalized spacial score (nSPS) is 14.1. The van der Waals surface area contributed by atoms with Crippen molar-refractivity contribution in [1.82, 2.24) is 4.57 Å². The number of para-hydroxylation sites is 1. The van der Waals surface area contributed by atoms with Gasteiger partial charge in [0.15, 0.2) is 0 Å². The van der Waals surface area contributed by atoms with Gasteiger partial charge in [-0.1, -0.05) is 182 Å². The molecular weight excluding hydrogens is 773 g/mol. The molecule has 1 atom stereocenters. The van der Waals surface area contributed by atoms with Gasteiger partial charge in [-0.25, -0.2) is 0 Å². The molecule has 1 unspecified atom stereocenters. The SMILES string of the molecule is Cc1cc(N(c2ccc3c4ccccc4n(C4=CC=C(c5cccc6ccccc56)CC4c4ccccc4C)c3c2)c2cc3ccccc3c3ccccc23)ccc1-c1ccccc1. The lowest BCUT2D eigenvalue weighted by Crippen LogP contribution is -2.14. The first-order valence-corrected chi connectivity index (χ1v) is 22.4. The van der Waals surface area contributed by atoms with Gasteiger partial charge < -0.3 is 9.47 Å². The molecule has 1 aliphatic carbocycles. The minimum atomic E-state index is 0.122. The fraction of sp³-hybridized carbons (Fsp3) is 0.0645. The Morgan fingerprint density at radius 2 is 1.06 bits per heavy atom. The predicted octanol–water partition coefficient (Wildman–Crippen LogP) is 17.1. The van der Waals surface area contributed by atoms with Crippen molar-refractivity contribution in [2.75, 3.05) is 4.90 Å². The van der Waals surface area contributed by atoms with Gasteiger partial charge in [-0.3, -0.25) is 0 Å². The number of aromatic nitrogens is 1. The van der Waals surface area contributed by atoms with E-state index in [1.54, 1.807) is 0 Å². The molecule has 1 aromatic heterocycles. The number of hydrogen-bond donors (Lipinski definition) is 0. The Kier molecular flexibility index (Phi) is 9.12. The zero-order valence-electron chi connectivity index (χ0n) is 36.0. The summed E-state index contributed by atoms with van der Waals surface area (Å²) in [5, 5.41) is 10.0. The highest BCUT2D eigenvalue weighted by molar-refractivity contribution is 6.16. The highest BCUT2D eigenvalue weighted by Crippen LogP contribution is 2.48. The van der Waals surface area contributed by atoms with Gasteiger partial charge in [-0.15, -0.1) is 0 Å². The summed E-state index contributed by atoms with van der Waals surface area (Å²) in [5.74, 6) is 0.122. The molecule has 0 aliphatic heterocycles. The van der Waals surface area contributed by atoms with Crippen LogP contribution in [0.5, 0.6) is 0 Å². The molecule has 0 fully saturated rings. The molecule has 1 aliphatic rings. The molecule has 12 rings (SSSR count). The van der Waals surface area contributed by atoms with Crippen LogP contribution in [-0.2, 0) is 0 Å². The maximum absolute atomic E-state index is 2.57. The fourth-order valence-corrected chi connectivity index (χ4v) is 10.6. The van der Waals surface area contributed by atoms with E-state index < -0.39 is 0 Å². The lowest BCUT2D eigenvalue weighted by Gasteiger charge is -2.30. The average Bonchev–Trinajstić information content (AvgIpc) is 3.67. The second-order valence-electron chi connectivity index (χ2n) is 17.3. The number of rotatable bonds is 7. The van der Waals surface area contributed by atoms with Crippen molar-refractivity contribution in [2.45, 2.75) is 26.2 Å². The number of aryl methyl sites for hydroxylation is 2. The zero-order chi connectivity index (χ0) is 42.7. The summed E-state index contributed by atoms with van der Waals surface area (Å²) in [5.41, 5.74) is 16.1. The van der Waals surface area contributed by atoms with Crippen molar-refractivity contribution in [3.05, 3.63) is 247 Å². The third-order valence-corrected chi connectivity index (χ3v) is 13.6. The molecule has 0 saturated heterocycles. The van der Waals surface area contributed by atoms with Gasteiger partial charge in [0.25, 0.3) is 0 Å². The van der Waals surface area contributed by atoms with E-state index in [4.69, 9.17) is 0 Å². The molecular formula is C62H46N2. The third-order valence-electron chi connectivity index (χ3n) is 13.6. The highest BCUT2D eigenvalue weighted by atomic mass is 15.1. The minimum Gasteiger partial charge on any atom is -0.312 e. The Morgan fingerprint density at radius 1 is 0.422 bits per heavy atom. The Hall–Kier alpha value is -7.94. The van der Waals surface area contributed by atoms with Crippen LogP contribution in [0, 0.1) is 13.8 Å². The van der Waals surface area contributed by atoms with Crippen LogP contribution in [-0.4, -0.2) is 4.57 Å². The van der Waals surface area contributed by atoms with E-state index in [0.717, 1.165) is 23.5 Å². The Morgan fingerprint density at radius 3 is 1.89 bits per heavy atom. The van der Waals surface area contributed by atoms with Crippen LogP contribution in [0.2, 0.25) is 0 Å². The lowest BCUT2D eigenvalue weighted by atomic mass is 9.80. The summed E-state index contributed by atoms with van der Waals surface area (Å²) in [6.45, 7) is 4.51. The zero-order valence-corrected chi connectivity index (χ0v) is 36.0. The van der Waals surface area contributed by atoms with Gasteiger partial charge in [0, 0.05) is 39.1 Å². The van der Waals surface area contributed by atoms with E-state index in [0.29, 0.717) is 0 Å². The molecule has 10 aromatic carbocycles. The molecule has 1 heterocycles. The summed E-state index contributed by atoms with van der Waals surface area (Å²) in [7, 11) is 0. The summed E-state index contributed by atoms with van der Waals surface area (Å²) < 4.78 is 2.57. The molecule has 304 valence electrons. The highest BCUT2D eigenvalue weighted by Gasteiger charge is 2.28. The first-order valence-electron chi connectivity index (χ1n) is 22.4. The van der Waals surface area contributed by atoms with Gasteiger partial charge in [0.05, 0.1) is 16.7 Å². The maximum Gasteiger partial charge on any atom is 0.0558 e. The van der Waals surface area contributed by atoms with Crippen molar-refractivity contribution in [2.24, 2.45) is 0 Å². The van der Waals surface area contributed by atoms with Gasteiger partial charge in [0.1, 0.15) is 0 Å². The second kappa shape index (κ2) is 15.4. The number of anilines is 3. The number of hydrogen-bond acceptors (Lipinski definition) is 1. The quantitative estimate of drug-likeness (QED) is 0.145. The van der Waals surface area contributed by atoms with E-state index in [1.807, 2.05) is 0 Å². The monoisotopic (exact) mass is 818 g/mol. The maximum atomic E-state index is 2.57. The summed E-state index contributed by atoms with van der Waals surface area (Å²) >= 11 is 0. The summed E-state index contributed by atoms with van der Waals surface area (Å²) in [6, 6.07) is 78.3. The van der Waals surface area contributed by atoms with E-state index >= 15 is 0 Å².